The van der Waals surface area contributed by atoms with E-state index in [1.54, 1.807) is 31.2 Å². The standard InChI is InChI=1S/C21H19NO3/c1-13(10-15-8-9-20(25-3)19(23)12-15)21(24)17-11-14(2)22-18-7-5-4-6-16(17)18/h4-12,23H,1-3H3. The fourth-order valence-corrected chi connectivity index (χ4v) is 2.82. The number of aryl methyl sites for hydroxylation is 1. The van der Waals surface area contributed by atoms with Gasteiger partial charge in [-0.2, -0.15) is 0 Å². The lowest BCUT2D eigenvalue weighted by atomic mass is 9.98. The summed E-state index contributed by atoms with van der Waals surface area (Å²) in [6.45, 7) is 3.65. The Morgan fingerprint density at radius 3 is 2.64 bits per heavy atom. The summed E-state index contributed by atoms with van der Waals surface area (Å²) >= 11 is 0. The number of fused-ring (bicyclic) bond motifs is 1. The number of aromatic hydroxyl groups is 1. The van der Waals surface area contributed by atoms with Gasteiger partial charge in [-0.25, -0.2) is 0 Å². The zero-order chi connectivity index (χ0) is 18.0. The molecule has 0 saturated heterocycles. The number of aromatic nitrogens is 1. The predicted octanol–water partition coefficient (Wildman–Crippen LogP) is 4.54. The van der Waals surface area contributed by atoms with Crippen molar-refractivity contribution in [2.24, 2.45) is 0 Å². The smallest absolute Gasteiger partial charge is 0.189 e. The van der Waals surface area contributed by atoms with Crippen molar-refractivity contribution < 1.29 is 14.6 Å². The lowest BCUT2D eigenvalue weighted by molar-refractivity contribution is 0.103. The molecule has 2 aromatic carbocycles. The second kappa shape index (κ2) is 6.77. The van der Waals surface area contributed by atoms with Crippen LogP contribution >= 0.6 is 0 Å². The number of methoxy groups -OCH3 is 1. The Labute approximate surface area is 146 Å². The van der Waals surface area contributed by atoms with Crippen LogP contribution in [0.1, 0.15) is 28.5 Å². The minimum Gasteiger partial charge on any atom is -0.504 e. The van der Waals surface area contributed by atoms with Crippen LogP contribution in [0.5, 0.6) is 11.5 Å². The number of benzene rings is 2. The number of phenols is 1. The first-order chi connectivity index (χ1) is 12.0. The first kappa shape index (κ1) is 16.7. The van der Waals surface area contributed by atoms with Gasteiger partial charge in [-0.1, -0.05) is 24.3 Å². The largest absolute Gasteiger partial charge is 0.504 e. The number of nitrogens with zero attached hydrogens (tertiary/aromatic N) is 1. The number of hydrogen-bond acceptors (Lipinski definition) is 4. The quantitative estimate of drug-likeness (QED) is 0.562. The Balaban J connectivity index is 2.02. The molecule has 0 atom stereocenters. The van der Waals surface area contributed by atoms with Crippen LogP contribution in [0.4, 0.5) is 0 Å². The topological polar surface area (TPSA) is 59.4 Å². The minimum absolute atomic E-state index is 0.0432. The third kappa shape index (κ3) is 3.38. The molecule has 1 N–H and O–H groups in total. The van der Waals surface area contributed by atoms with Gasteiger partial charge in [0.1, 0.15) is 0 Å². The van der Waals surface area contributed by atoms with E-state index >= 15 is 0 Å². The fourth-order valence-electron chi connectivity index (χ4n) is 2.82. The summed E-state index contributed by atoms with van der Waals surface area (Å²) in [7, 11) is 1.50. The Bertz CT molecular complexity index is 990. The molecule has 1 heterocycles. The second-order valence-corrected chi connectivity index (χ2v) is 5.92. The lowest BCUT2D eigenvalue weighted by Gasteiger charge is -2.08. The van der Waals surface area contributed by atoms with E-state index in [1.807, 2.05) is 37.3 Å². The van der Waals surface area contributed by atoms with Crippen molar-refractivity contribution in [2.45, 2.75) is 13.8 Å². The van der Waals surface area contributed by atoms with Crippen molar-refractivity contribution in [1.29, 1.82) is 0 Å². The first-order valence-corrected chi connectivity index (χ1v) is 7.96. The van der Waals surface area contributed by atoms with E-state index in [1.165, 1.54) is 7.11 Å². The second-order valence-electron chi connectivity index (χ2n) is 5.92. The van der Waals surface area contributed by atoms with E-state index in [0.29, 0.717) is 16.9 Å². The molecule has 0 unspecified atom stereocenters. The van der Waals surface area contributed by atoms with E-state index in [2.05, 4.69) is 4.98 Å². The van der Waals surface area contributed by atoms with E-state index < -0.39 is 0 Å². The summed E-state index contributed by atoms with van der Waals surface area (Å²) in [5, 5.41) is 10.7. The van der Waals surface area contributed by atoms with Gasteiger partial charge in [-0.05, 0) is 55.3 Å². The third-order valence-corrected chi connectivity index (χ3v) is 4.03. The number of para-hydroxylation sites is 1. The number of Topliss-reactive ketones (excluding diaryl/α,β-unsaturated/α-hetero) is 1. The van der Waals surface area contributed by atoms with Crippen LogP contribution in [0.15, 0.2) is 54.1 Å². The number of hydrogen-bond donors (Lipinski definition) is 1. The highest BCUT2D eigenvalue weighted by Gasteiger charge is 2.14. The molecule has 126 valence electrons. The van der Waals surface area contributed by atoms with Crippen LogP contribution in [0.25, 0.3) is 17.0 Å². The normalized spacial score (nSPS) is 11.6. The monoisotopic (exact) mass is 333 g/mol. The van der Waals surface area contributed by atoms with Crippen LogP contribution < -0.4 is 4.74 Å². The zero-order valence-electron chi connectivity index (χ0n) is 14.4. The van der Waals surface area contributed by atoms with Crippen molar-refractivity contribution in [3.05, 3.63) is 70.9 Å². The van der Waals surface area contributed by atoms with Crippen LogP contribution in [0.3, 0.4) is 0 Å². The molecule has 0 aliphatic carbocycles. The summed E-state index contributed by atoms with van der Waals surface area (Å²) in [6, 6.07) is 14.5. The molecule has 3 aromatic rings. The molecule has 0 amide bonds. The maximum absolute atomic E-state index is 12.9. The maximum Gasteiger partial charge on any atom is 0.189 e. The van der Waals surface area contributed by atoms with Crippen molar-refractivity contribution in [2.75, 3.05) is 7.11 Å². The van der Waals surface area contributed by atoms with Crippen molar-refractivity contribution in [3.8, 4) is 11.5 Å². The molecule has 0 spiro atoms. The Morgan fingerprint density at radius 1 is 1.16 bits per heavy atom. The number of ketones is 1. The van der Waals surface area contributed by atoms with Crippen LogP contribution in [-0.4, -0.2) is 23.0 Å². The molecule has 1 aromatic heterocycles. The van der Waals surface area contributed by atoms with E-state index in [4.69, 9.17) is 4.74 Å². The highest BCUT2D eigenvalue weighted by Crippen LogP contribution is 2.28. The molecule has 0 fully saturated rings. The Morgan fingerprint density at radius 2 is 1.92 bits per heavy atom. The number of rotatable bonds is 4. The zero-order valence-corrected chi connectivity index (χ0v) is 14.4. The summed E-state index contributed by atoms with van der Waals surface area (Å²) in [5.74, 6) is 0.385. The molecular weight excluding hydrogens is 314 g/mol. The highest BCUT2D eigenvalue weighted by molar-refractivity contribution is 6.17. The van der Waals surface area contributed by atoms with Gasteiger partial charge in [0, 0.05) is 16.6 Å². The van der Waals surface area contributed by atoms with E-state index in [9.17, 15) is 9.90 Å². The highest BCUT2D eigenvalue weighted by atomic mass is 16.5. The van der Waals surface area contributed by atoms with E-state index in [0.717, 1.165) is 22.2 Å². The van der Waals surface area contributed by atoms with Crippen LogP contribution in [-0.2, 0) is 0 Å². The fraction of sp³-hybridized carbons (Fsp3) is 0.143. The van der Waals surface area contributed by atoms with Gasteiger partial charge in [-0.15, -0.1) is 0 Å². The molecule has 25 heavy (non-hydrogen) atoms. The number of allylic oxidation sites excluding steroid dienone is 1. The van der Waals surface area contributed by atoms with Gasteiger partial charge < -0.3 is 9.84 Å². The molecule has 4 nitrogen and oxygen atoms in total. The molecule has 0 aliphatic heterocycles. The summed E-state index contributed by atoms with van der Waals surface area (Å²) < 4.78 is 5.04. The third-order valence-electron chi connectivity index (χ3n) is 4.03. The van der Waals surface area contributed by atoms with Gasteiger partial charge >= 0.3 is 0 Å². The van der Waals surface area contributed by atoms with Crippen LogP contribution in [0.2, 0.25) is 0 Å². The maximum atomic E-state index is 12.9. The van der Waals surface area contributed by atoms with Gasteiger partial charge in [-0.3, -0.25) is 9.78 Å². The minimum atomic E-state index is -0.0583. The average Bonchev–Trinajstić information content (AvgIpc) is 2.60. The van der Waals surface area contributed by atoms with Gasteiger partial charge in [0.05, 0.1) is 12.6 Å². The summed E-state index contributed by atoms with van der Waals surface area (Å²) in [5.41, 5.74) is 3.56. The molecule has 0 radical (unpaired) electrons. The van der Waals surface area contributed by atoms with E-state index in [-0.39, 0.29) is 11.5 Å². The van der Waals surface area contributed by atoms with Gasteiger partial charge in [0.15, 0.2) is 17.3 Å². The predicted molar refractivity (Wildman–Crippen MR) is 99.1 cm³/mol. The number of carbonyl (C=O) groups is 1. The van der Waals surface area contributed by atoms with Crippen molar-refractivity contribution in [3.63, 3.8) is 0 Å². The average molecular weight is 333 g/mol. The van der Waals surface area contributed by atoms with Gasteiger partial charge in [0.25, 0.3) is 0 Å². The molecule has 0 aliphatic rings. The van der Waals surface area contributed by atoms with Gasteiger partial charge in [0.2, 0.25) is 0 Å². The van der Waals surface area contributed by atoms with Crippen molar-refractivity contribution in [1.82, 2.24) is 4.98 Å². The summed E-state index contributed by atoms with van der Waals surface area (Å²) in [4.78, 5) is 17.4. The van der Waals surface area contributed by atoms with Crippen LogP contribution in [0, 0.1) is 6.92 Å². The molecule has 0 saturated carbocycles. The number of ether oxygens (including phenoxy) is 1. The first-order valence-electron chi connectivity index (χ1n) is 7.96. The number of phenolic OH excluding ortho intramolecular Hbond substituents is 1. The Hall–Kier alpha value is -3.14. The molecule has 4 heteroatoms. The number of carbonyl (C=O) groups excluding carboxylic acids is 1. The number of pyridine rings is 1. The molecule has 3 rings (SSSR count). The molecule has 0 bridgehead atoms. The summed E-state index contributed by atoms with van der Waals surface area (Å²) in [6.07, 6.45) is 1.76. The van der Waals surface area contributed by atoms with Crippen molar-refractivity contribution >= 4 is 22.8 Å². The lowest BCUT2D eigenvalue weighted by Crippen LogP contribution is -2.03. The Kier molecular flexibility index (Phi) is 4.52. The SMILES string of the molecule is COc1ccc(C=C(C)C(=O)c2cc(C)nc3ccccc23)cc1O. The molecular formula is C21H19NO3.